The molecular weight excluding hydrogens is 743 g/mol. The van der Waals surface area contributed by atoms with Gasteiger partial charge in [-0.1, -0.05) is 227 Å². The Hall–Kier alpha value is -3.22. The Morgan fingerprint density at radius 3 is 1.45 bits per heavy atom. The maximum Gasteiger partial charge on any atom is 0.306 e. The van der Waals surface area contributed by atoms with Crippen LogP contribution in [-0.2, 0) is 14.3 Å². The van der Waals surface area contributed by atoms with E-state index in [-0.39, 0.29) is 24.9 Å². The smallest absolute Gasteiger partial charge is 0.306 e. The molecular formula is C54H91NO5. The van der Waals surface area contributed by atoms with Crippen molar-refractivity contribution in [2.45, 2.75) is 225 Å². The van der Waals surface area contributed by atoms with Crippen LogP contribution < -0.4 is 5.32 Å². The highest BCUT2D eigenvalue weighted by atomic mass is 16.5. The number of unbranched alkanes of at least 4 members (excludes halogenated alkanes) is 20. The van der Waals surface area contributed by atoms with Crippen LogP contribution in [-0.4, -0.2) is 46.9 Å². The molecule has 0 aromatic carbocycles. The summed E-state index contributed by atoms with van der Waals surface area (Å²) in [6.45, 7) is 6.22. The van der Waals surface area contributed by atoms with Gasteiger partial charge in [0.25, 0.3) is 0 Å². The lowest BCUT2D eigenvalue weighted by molar-refractivity contribution is -0.151. The first-order valence-electron chi connectivity index (χ1n) is 24.6. The molecule has 0 saturated carbocycles. The molecule has 0 bridgehead atoms. The predicted octanol–water partition coefficient (Wildman–Crippen LogP) is 14.6. The van der Waals surface area contributed by atoms with Crippen LogP contribution in [0, 0.1) is 0 Å². The van der Waals surface area contributed by atoms with Crippen LogP contribution >= 0.6 is 0 Å². The van der Waals surface area contributed by atoms with E-state index in [9.17, 15) is 19.8 Å². The van der Waals surface area contributed by atoms with E-state index in [4.69, 9.17) is 4.74 Å². The molecule has 3 N–H and O–H groups in total. The van der Waals surface area contributed by atoms with Gasteiger partial charge in [-0.2, -0.15) is 0 Å². The second kappa shape index (κ2) is 46.8. The highest BCUT2D eigenvalue weighted by Crippen LogP contribution is 2.17. The van der Waals surface area contributed by atoms with Crippen molar-refractivity contribution < 1.29 is 24.5 Å². The number of allylic oxidation sites excluding steroid dienone is 16. The molecule has 0 aromatic rings. The van der Waals surface area contributed by atoms with Crippen molar-refractivity contribution in [1.29, 1.82) is 0 Å². The zero-order valence-electron chi connectivity index (χ0n) is 38.8. The molecule has 6 nitrogen and oxygen atoms in total. The van der Waals surface area contributed by atoms with E-state index in [1.165, 1.54) is 77.0 Å². The number of carbonyl (C=O) groups excluding carboxylic acids is 2. The van der Waals surface area contributed by atoms with Gasteiger partial charge in [0.1, 0.15) is 6.10 Å². The van der Waals surface area contributed by atoms with Crippen molar-refractivity contribution >= 4 is 11.9 Å². The van der Waals surface area contributed by atoms with Crippen molar-refractivity contribution in [2.24, 2.45) is 0 Å². The Labute approximate surface area is 369 Å². The zero-order valence-corrected chi connectivity index (χ0v) is 38.8. The molecule has 0 rings (SSSR count). The van der Waals surface area contributed by atoms with Crippen LogP contribution in [0.3, 0.4) is 0 Å². The first kappa shape index (κ1) is 56.8. The summed E-state index contributed by atoms with van der Waals surface area (Å²) in [7, 11) is 0. The Bertz CT molecular complexity index is 1210. The molecule has 342 valence electrons. The minimum atomic E-state index is -0.806. The minimum Gasteiger partial charge on any atom is -0.462 e. The highest BCUT2D eigenvalue weighted by molar-refractivity contribution is 5.77. The number of esters is 1. The second-order valence-corrected chi connectivity index (χ2v) is 16.3. The summed E-state index contributed by atoms with van der Waals surface area (Å²) in [5.74, 6) is -0.539. The standard InChI is InChI=1S/C54H91NO5/c1-4-7-10-13-16-19-22-24-26-28-29-31-33-36-39-42-45-50(60-54(59)47-44-41-38-35-32-30-27-25-23-20-17-14-11-8-5-2)48-53(58)55-51(49-56)52(57)46-43-40-37-34-21-18-15-12-9-6-3/h8,10-11,13-14,16-17,19-20,22-24,26,28-29,31,50-52,56-57H,4-7,9,12,15,18,21,25,27,30,32-49H2,1-3H3,(H,55,58)/b11-8+,13-10+,17-14+,19-16+,23-20+,24-22+,28-26+,31-29+. The van der Waals surface area contributed by atoms with E-state index < -0.39 is 18.2 Å². The summed E-state index contributed by atoms with van der Waals surface area (Å²) >= 11 is 0. The van der Waals surface area contributed by atoms with E-state index in [1.807, 2.05) is 36.5 Å². The van der Waals surface area contributed by atoms with Gasteiger partial charge < -0.3 is 20.3 Å². The molecule has 0 aliphatic rings. The number of hydrogen-bond acceptors (Lipinski definition) is 5. The molecule has 0 aliphatic heterocycles. The molecule has 60 heavy (non-hydrogen) atoms. The Balaban J connectivity index is 4.74. The van der Waals surface area contributed by atoms with E-state index in [0.29, 0.717) is 19.3 Å². The molecule has 3 atom stereocenters. The number of aliphatic hydroxyl groups is 2. The van der Waals surface area contributed by atoms with Gasteiger partial charge in [-0.3, -0.25) is 9.59 Å². The first-order chi connectivity index (χ1) is 29.5. The van der Waals surface area contributed by atoms with Gasteiger partial charge in [0.15, 0.2) is 0 Å². The summed E-state index contributed by atoms with van der Waals surface area (Å²) < 4.78 is 5.90. The minimum absolute atomic E-state index is 0.0387. The molecule has 0 fully saturated rings. The number of rotatable bonds is 42. The zero-order chi connectivity index (χ0) is 43.8. The lowest BCUT2D eigenvalue weighted by atomic mass is 10.0. The monoisotopic (exact) mass is 834 g/mol. The topological polar surface area (TPSA) is 95.9 Å². The largest absolute Gasteiger partial charge is 0.462 e. The third-order valence-electron chi connectivity index (χ3n) is 10.6. The third-order valence-corrected chi connectivity index (χ3v) is 10.6. The number of hydrogen-bond donors (Lipinski definition) is 3. The van der Waals surface area contributed by atoms with Crippen molar-refractivity contribution in [3.63, 3.8) is 0 Å². The van der Waals surface area contributed by atoms with Crippen LogP contribution in [0.5, 0.6) is 0 Å². The van der Waals surface area contributed by atoms with Gasteiger partial charge in [-0.05, 0) is 64.2 Å². The van der Waals surface area contributed by atoms with E-state index in [1.54, 1.807) is 0 Å². The maximum atomic E-state index is 13.2. The molecule has 0 saturated heterocycles. The Morgan fingerprint density at radius 1 is 0.500 bits per heavy atom. The van der Waals surface area contributed by atoms with Crippen LogP contribution in [0.2, 0.25) is 0 Å². The number of amides is 1. The van der Waals surface area contributed by atoms with Crippen LogP contribution in [0.15, 0.2) is 97.2 Å². The highest BCUT2D eigenvalue weighted by Gasteiger charge is 2.24. The van der Waals surface area contributed by atoms with Crippen molar-refractivity contribution in [1.82, 2.24) is 5.32 Å². The number of ether oxygens (including phenoxy) is 1. The number of carbonyl (C=O) groups is 2. The molecule has 0 spiro atoms. The van der Waals surface area contributed by atoms with E-state index >= 15 is 0 Å². The molecule has 6 heteroatoms. The van der Waals surface area contributed by atoms with Gasteiger partial charge in [0.05, 0.1) is 25.2 Å². The maximum absolute atomic E-state index is 13.2. The second-order valence-electron chi connectivity index (χ2n) is 16.3. The van der Waals surface area contributed by atoms with E-state index in [0.717, 1.165) is 83.5 Å². The van der Waals surface area contributed by atoms with Gasteiger partial charge in [-0.15, -0.1) is 0 Å². The van der Waals surface area contributed by atoms with Crippen molar-refractivity contribution in [3.05, 3.63) is 97.2 Å². The predicted molar refractivity (Wildman–Crippen MR) is 259 cm³/mol. The van der Waals surface area contributed by atoms with E-state index in [2.05, 4.69) is 86.8 Å². The normalized spacial score (nSPS) is 14.2. The Kier molecular flexibility index (Phi) is 44.3. The van der Waals surface area contributed by atoms with Gasteiger partial charge >= 0.3 is 5.97 Å². The summed E-state index contributed by atoms with van der Waals surface area (Å²) in [6, 6.07) is -0.723. The molecule has 0 radical (unpaired) electrons. The molecule has 0 heterocycles. The fourth-order valence-corrected chi connectivity index (χ4v) is 6.87. The SMILES string of the molecule is CC/C=C/C=C/C=C/CCCCCCCCCC(=O)OC(CCCCC/C=C/C=C/C=C/C=C/C=C/CCC)CC(=O)NC(CO)C(O)CCCCCCCCCCCC. The average molecular weight is 834 g/mol. The molecule has 1 amide bonds. The molecule has 3 unspecified atom stereocenters. The summed E-state index contributed by atoms with van der Waals surface area (Å²) in [4.78, 5) is 26.1. The van der Waals surface area contributed by atoms with Gasteiger partial charge in [0, 0.05) is 6.42 Å². The van der Waals surface area contributed by atoms with Crippen molar-refractivity contribution in [3.8, 4) is 0 Å². The summed E-state index contributed by atoms with van der Waals surface area (Å²) in [5, 5.41) is 23.7. The molecule has 0 aliphatic carbocycles. The lowest BCUT2D eigenvalue weighted by Gasteiger charge is -2.24. The van der Waals surface area contributed by atoms with Crippen molar-refractivity contribution in [2.75, 3.05) is 6.61 Å². The Morgan fingerprint density at radius 2 is 0.933 bits per heavy atom. The van der Waals surface area contributed by atoms with Crippen LogP contribution in [0.1, 0.15) is 207 Å². The quantitative estimate of drug-likeness (QED) is 0.0323. The first-order valence-corrected chi connectivity index (χ1v) is 24.6. The average Bonchev–Trinajstić information content (AvgIpc) is 3.24. The van der Waals surface area contributed by atoms with Gasteiger partial charge in [0.2, 0.25) is 5.91 Å². The van der Waals surface area contributed by atoms with Crippen LogP contribution in [0.4, 0.5) is 0 Å². The number of nitrogens with one attached hydrogen (secondary N) is 1. The van der Waals surface area contributed by atoms with Crippen LogP contribution in [0.25, 0.3) is 0 Å². The fourth-order valence-electron chi connectivity index (χ4n) is 6.87. The fraction of sp³-hybridized carbons (Fsp3) is 0.667. The lowest BCUT2D eigenvalue weighted by Crippen LogP contribution is -2.46. The van der Waals surface area contributed by atoms with Gasteiger partial charge in [-0.25, -0.2) is 0 Å². The summed E-state index contributed by atoms with van der Waals surface area (Å²) in [6.07, 6.45) is 61.7. The third kappa shape index (κ3) is 41.5. The molecule has 0 aromatic heterocycles. The summed E-state index contributed by atoms with van der Waals surface area (Å²) in [5.41, 5.74) is 0. The number of aliphatic hydroxyl groups excluding tert-OH is 2.